The van der Waals surface area contributed by atoms with Crippen molar-refractivity contribution in [1.82, 2.24) is 5.43 Å². The Labute approximate surface area is 60.5 Å². The summed E-state index contributed by atoms with van der Waals surface area (Å²) in [6.45, 7) is 4.13. The van der Waals surface area contributed by atoms with Gasteiger partial charge in [-0.2, -0.15) is 5.10 Å². The summed E-state index contributed by atoms with van der Waals surface area (Å²) in [5, 5.41) is 3.56. The number of carbonyl (C=O) groups is 1. The van der Waals surface area contributed by atoms with Gasteiger partial charge < -0.3 is 5.73 Å². The van der Waals surface area contributed by atoms with Crippen LogP contribution in [0.25, 0.3) is 0 Å². The van der Waals surface area contributed by atoms with E-state index in [1.807, 2.05) is 0 Å². The minimum Gasteiger partial charge on any atom is -0.350 e. The molecule has 0 rings (SSSR count). The van der Waals surface area contributed by atoms with Crippen LogP contribution in [0.3, 0.4) is 0 Å². The number of nitrogens with two attached hydrogens (primary N) is 1. The molecule has 0 aliphatic heterocycles. The lowest BCUT2D eigenvalue weighted by molar-refractivity contribution is 0.249. The van der Waals surface area contributed by atoms with Crippen molar-refractivity contribution < 1.29 is 4.79 Å². The fourth-order valence-electron chi connectivity index (χ4n) is 0.373. The van der Waals surface area contributed by atoms with Gasteiger partial charge in [0.25, 0.3) is 0 Å². The first kappa shape index (κ1) is 8.94. The summed E-state index contributed by atoms with van der Waals surface area (Å²) in [5.74, 6) is 0.554. The van der Waals surface area contributed by atoms with E-state index >= 15 is 0 Å². The lowest BCUT2D eigenvalue weighted by Crippen LogP contribution is -2.24. The smallest absolute Gasteiger partial charge is 0.332 e. The predicted octanol–water partition coefficient (Wildman–Crippen LogP) is 0.687. The number of nitrogens with one attached hydrogen (secondary N) is 1. The van der Waals surface area contributed by atoms with E-state index in [-0.39, 0.29) is 0 Å². The lowest BCUT2D eigenvalue weighted by Gasteiger charge is -1.95. The summed E-state index contributed by atoms with van der Waals surface area (Å²) in [4.78, 5) is 10.0. The molecule has 0 saturated heterocycles. The molecule has 0 aromatic heterocycles. The second-order valence-corrected chi connectivity index (χ2v) is 2.42. The zero-order valence-electron chi connectivity index (χ0n) is 6.29. The maximum atomic E-state index is 10.0. The van der Waals surface area contributed by atoms with Gasteiger partial charge in [-0.05, 0) is 12.3 Å². The number of hydrazone groups is 1. The second-order valence-electron chi connectivity index (χ2n) is 2.42. The molecule has 4 nitrogen and oxygen atoms in total. The standard InChI is InChI=1S/C6H13N3O/c1-5(2)3-4-8-9-6(7)10/h4-5H,3H2,1-2H3,(H3,7,9,10)/b8-4-. The van der Waals surface area contributed by atoms with E-state index in [0.717, 1.165) is 6.42 Å². The van der Waals surface area contributed by atoms with Crippen LogP contribution in [0.15, 0.2) is 5.10 Å². The van der Waals surface area contributed by atoms with E-state index in [0.29, 0.717) is 5.92 Å². The van der Waals surface area contributed by atoms with E-state index in [1.54, 1.807) is 6.21 Å². The molecule has 0 aromatic carbocycles. The topological polar surface area (TPSA) is 67.5 Å². The van der Waals surface area contributed by atoms with E-state index in [4.69, 9.17) is 5.73 Å². The third-order valence-corrected chi connectivity index (χ3v) is 0.843. The van der Waals surface area contributed by atoms with Crippen LogP contribution >= 0.6 is 0 Å². The van der Waals surface area contributed by atoms with Gasteiger partial charge in [0.1, 0.15) is 0 Å². The SMILES string of the molecule is CC(C)C/C=N\NC(N)=O. The van der Waals surface area contributed by atoms with E-state index < -0.39 is 6.03 Å². The van der Waals surface area contributed by atoms with Crippen LogP contribution in [0.5, 0.6) is 0 Å². The average Bonchev–Trinajstić information content (AvgIpc) is 1.79. The molecule has 10 heavy (non-hydrogen) atoms. The molecule has 0 saturated carbocycles. The highest BCUT2D eigenvalue weighted by atomic mass is 16.2. The normalized spacial score (nSPS) is 10.7. The van der Waals surface area contributed by atoms with Crippen LogP contribution in [-0.2, 0) is 0 Å². The summed E-state index contributed by atoms with van der Waals surface area (Å²) >= 11 is 0. The van der Waals surface area contributed by atoms with Crippen LogP contribution in [0, 0.1) is 5.92 Å². The number of primary amides is 1. The zero-order valence-corrected chi connectivity index (χ0v) is 6.29. The van der Waals surface area contributed by atoms with Gasteiger partial charge in [0, 0.05) is 6.21 Å². The van der Waals surface area contributed by atoms with Gasteiger partial charge in [0.15, 0.2) is 0 Å². The van der Waals surface area contributed by atoms with Crippen LogP contribution in [-0.4, -0.2) is 12.2 Å². The molecule has 0 bridgehead atoms. The summed E-state index contributed by atoms with van der Waals surface area (Å²) in [5.41, 5.74) is 6.85. The quantitative estimate of drug-likeness (QED) is 0.443. The van der Waals surface area contributed by atoms with Crippen molar-refractivity contribution in [1.29, 1.82) is 0 Å². The Hall–Kier alpha value is -1.06. The summed E-state index contributed by atoms with van der Waals surface area (Å²) < 4.78 is 0. The maximum absolute atomic E-state index is 10.0. The fraction of sp³-hybridized carbons (Fsp3) is 0.667. The molecule has 0 unspecified atom stereocenters. The van der Waals surface area contributed by atoms with Crippen molar-refractivity contribution in [2.45, 2.75) is 20.3 Å². The number of hydrogen-bond acceptors (Lipinski definition) is 2. The first-order valence-electron chi connectivity index (χ1n) is 3.20. The van der Waals surface area contributed by atoms with Crippen molar-refractivity contribution in [2.75, 3.05) is 0 Å². The monoisotopic (exact) mass is 143 g/mol. The van der Waals surface area contributed by atoms with Crippen molar-refractivity contribution in [3.8, 4) is 0 Å². The molecule has 0 spiro atoms. The van der Waals surface area contributed by atoms with Crippen LogP contribution in [0.4, 0.5) is 4.79 Å². The largest absolute Gasteiger partial charge is 0.350 e. The number of amides is 2. The molecule has 0 heterocycles. The molecule has 0 aliphatic rings. The Morgan fingerprint density at radius 2 is 2.40 bits per heavy atom. The Morgan fingerprint density at radius 1 is 1.80 bits per heavy atom. The number of hydrogen-bond donors (Lipinski definition) is 2. The summed E-state index contributed by atoms with van der Waals surface area (Å²) in [6.07, 6.45) is 2.48. The summed E-state index contributed by atoms with van der Waals surface area (Å²) in [6, 6.07) is -0.625. The highest BCUT2D eigenvalue weighted by Crippen LogP contribution is 1.93. The third-order valence-electron chi connectivity index (χ3n) is 0.843. The van der Waals surface area contributed by atoms with Crippen LogP contribution < -0.4 is 11.2 Å². The van der Waals surface area contributed by atoms with Gasteiger partial charge >= 0.3 is 6.03 Å². The van der Waals surface area contributed by atoms with E-state index in [9.17, 15) is 4.79 Å². The highest BCUT2D eigenvalue weighted by molar-refractivity contribution is 5.72. The van der Waals surface area contributed by atoms with Crippen LogP contribution in [0.1, 0.15) is 20.3 Å². The number of nitrogens with zero attached hydrogens (tertiary/aromatic N) is 1. The second kappa shape index (κ2) is 4.78. The first-order valence-corrected chi connectivity index (χ1v) is 3.20. The van der Waals surface area contributed by atoms with Gasteiger partial charge in [-0.15, -0.1) is 0 Å². The highest BCUT2D eigenvalue weighted by Gasteiger charge is 1.88. The van der Waals surface area contributed by atoms with Crippen molar-refractivity contribution in [3.05, 3.63) is 0 Å². The molecule has 0 aliphatic carbocycles. The molecule has 58 valence electrons. The van der Waals surface area contributed by atoms with Gasteiger partial charge in [-0.25, -0.2) is 10.2 Å². The molecule has 4 heteroatoms. The predicted molar refractivity (Wildman–Crippen MR) is 40.7 cm³/mol. The van der Waals surface area contributed by atoms with Crippen molar-refractivity contribution >= 4 is 12.2 Å². The van der Waals surface area contributed by atoms with E-state index in [1.165, 1.54) is 0 Å². The molecule has 0 fully saturated rings. The maximum Gasteiger partial charge on any atom is 0.332 e. The zero-order chi connectivity index (χ0) is 7.98. The number of rotatable bonds is 3. The van der Waals surface area contributed by atoms with Crippen molar-refractivity contribution in [3.63, 3.8) is 0 Å². The molecule has 2 amide bonds. The van der Waals surface area contributed by atoms with Gasteiger partial charge in [-0.1, -0.05) is 13.8 Å². The van der Waals surface area contributed by atoms with E-state index in [2.05, 4.69) is 24.4 Å². The molecular weight excluding hydrogens is 130 g/mol. The first-order chi connectivity index (χ1) is 4.63. The van der Waals surface area contributed by atoms with Crippen LogP contribution in [0.2, 0.25) is 0 Å². The Bertz CT molecular complexity index is 131. The fourth-order valence-corrected chi connectivity index (χ4v) is 0.373. The number of carbonyl (C=O) groups excluding carboxylic acids is 1. The van der Waals surface area contributed by atoms with Gasteiger partial charge in [-0.3, -0.25) is 0 Å². The summed E-state index contributed by atoms with van der Waals surface area (Å²) in [7, 11) is 0. The molecule has 3 N–H and O–H groups in total. The third kappa shape index (κ3) is 6.94. The van der Waals surface area contributed by atoms with Gasteiger partial charge in [0.05, 0.1) is 0 Å². The minimum atomic E-state index is -0.625. The molecule has 0 aromatic rings. The lowest BCUT2D eigenvalue weighted by atomic mass is 10.2. The Kier molecular flexibility index (Phi) is 4.28. The Balaban J connectivity index is 3.29. The average molecular weight is 143 g/mol. The molecule has 0 atom stereocenters. The molecule has 0 radical (unpaired) electrons. The molecular formula is C6H13N3O. The minimum absolute atomic E-state index is 0.554. The van der Waals surface area contributed by atoms with Crippen molar-refractivity contribution in [2.24, 2.45) is 16.8 Å². The number of urea groups is 1. The Morgan fingerprint density at radius 3 is 2.80 bits per heavy atom. The van der Waals surface area contributed by atoms with Gasteiger partial charge in [0.2, 0.25) is 0 Å².